The summed E-state index contributed by atoms with van der Waals surface area (Å²) in [6.45, 7) is 8.02. The molecule has 1 heterocycles. The van der Waals surface area contributed by atoms with E-state index in [9.17, 15) is 9.59 Å². The highest BCUT2D eigenvalue weighted by Gasteiger charge is 2.34. The Bertz CT molecular complexity index is 554. The molecule has 132 valence electrons. The van der Waals surface area contributed by atoms with Gasteiger partial charge in [0.2, 0.25) is 11.8 Å². The van der Waals surface area contributed by atoms with E-state index in [1.165, 1.54) is 0 Å². The van der Waals surface area contributed by atoms with E-state index in [4.69, 9.17) is 4.74 Å². The van der Waals surface area contributed by atoms with Crippen LogP contribution >= 0.6 is 0 Å². The Morgan fingerprint density at radius 1 is 1.33 bits per heavy atom. The van der Waals surface area contributed by atoms with Crippen molar-refractivity contribution in [3.8, 4) is 5.75 Å². The van der Waals surface area contributed by atoms with E-state index >= 15 is 0 Å². The van der Waals surface area contributed by atoms with E-state index in [0.717, 1.165) is 24.3 Å². The van der Waals surface area contributed by atoms with Gasteiger partial charge in [-0.3, -0.25) is 9.59 Å². The number of ether oxygens (including phenoxy) is 1. The number of nitrogens with one attached hydrogen (secondary N) is 1. The maximum atomic E-state index is 12.2. The zero-order valence-corrected chi connectivity index (χ0v) is 14.9. The zero-order valence-electron chi connectivity index (χ0n) is 14.9. The summed E-state index contributed by atoms with van der Waals surface area (Å²) in [6.07, 6.45) is 2.40. The summed E-state index contributed by atoms with van der Waals surface area (Å²) < 4.78 is 5.64. The minimum Gasteiger partial charge on any atom is -0.494 e. The van der Waals surface area contributed by atoms with Crippen LogP contribution in [0.3, 0.4) is 0 Å². The van der Waals surface area contributed by atoms with Gasteiger partial charge in [-0.15, -0.1) is 0 Å². The molecule has 1 N–H and O–H groups in total. The predicted octanol–water partition coefficient (Wildman–Crippen LogP) is 2.99. The van der Waals surface area contributed by atoms with E-state index in [-0.39, 0.29) is 24.2 Å². The molecule has 2 amide bonds. The van der Waals surface area contributed by atoms with Gasteiger partial charge in [-0.1, -0.05) is 27.2 Å². The van der Waals surface area contributed by atoms with Crippen molar-refractivity contribution in [3.63, 3.8) is 0 Å². The van der Waals surface area contributed by atoms with Gasteiger partial charge in [0.1, 0.15) is 5.75 Å². The van der Waals surface area contributed by atoms with Crippen LogP contribution in [0.2, 0.25) is 0 Å². The number of benzene rings is 1. The standard InChI is InChI=1S/C19H28N2O3/c1-4-5-10-24-17-8-6-16(7-9-17)21-13-15(11-18(21)22)19(23)20-12-14(2)3/h6-9,14-15H,4-5,10-13H2,1-3H3,(H,20,23)/t15-/m1/s1. The molecule has 0 aliphatic carbocycles. The van der Waals surface area contributed by atoms with Gasteiger partial charge in [-0.2, -0.15) is 0 Å². The summed E-state index contributed by atoms with van der Waals surface area (Å²) in [4.78, 5) is 26.1. The molecule has 0 unspecified atom stereocenters. The molecule has 0 bridgehead atoms. The number of unbranched alkanes of at least 4 members (excludes halogenated alkanes) is 1. The summed E-state index contributed by atoms with van der Waals surface area (Å²) in [5, 5.41) is 2.92. The number of rotatable bonds is 8. The molecule has 0 saturated carbocycles. The topological polar surface area (TPSA) is 58.6 Å². The summed E-state index contributed by atoms with van der Waals surface area (Å²) >= 11 is 0. The Hall–Kier alpha value is -2.04. The van der Waals surface area contributed by atoms with Crippen molar-refractivity contribution < 1.29 is 14.3 Å². The molecule has 5 nitrogen and oxygen atoms in total. The number of carbonyl (C=O) groups excluding carboxylic acids is 2. The third-order valence-electron chi connectivity index (χ3n) is 4.10. The maximum absolute atomic E-state index is 12.2. The lowest BCUT2D eigenvalue weighted by Gasteiger charge is -2.17. The second-order valence-corrected chi connectivity index (χ2v) is 6.74. The third kappa shape index (κ3) is 4.98. The lowest BCUT2D eigenvalue weighted by atomic mass is 10.1. The van der Waals surface area contributed by atoms with Crippen LogP contribution in [0.15, 0.2) is 24.3 Å². The maximum Gasteiger partial charge on any atom is 0.227 e. The summed E-state index contributed by atoms with van der Waals surface area (Å²) in [5.74, 6) is 0.919. The van der Waals surface area contributed by atoms with Gasteiger partial charge < -0.3 is 15.0 Å². The molecule has 1 aromatic carbocycles. The summed E-state index contributed by atoms with van der Waals surface area (Å²) in [7, 11) is 0. The average molecular weight is 332 g/mol. The molecular weight excluding hydrogens is 304 g/mol. The Morgan fingerprint density at radius 2 is 2.04 bits per heavy atom. The fourth-order valence-corrected chi connectivity index (χ4v) is 2.64. The molecule has 1 saturated heterocycles. The molecule has 24 heavy (non-hydrogen) atoms. The molecule has 2 rings (SSSR count). The molecule has 0 radical (unpaired) electrons. The van der Waals surface area contributed by atoms with Gasteiger partial charge >= 0.3 is 0 Å². The molecule has 0 spiro atoms. The highest BCUT2D eigenvalue weighted by Crippen LogP contribution is 2.27. The predicted molar refractivity (Wildman–Crippen MR) is 95.2 cm³/mol. The van der Waals surface area contributed by atoms with E-state index in [1.54, 1.807) is 4.90 Å². The third-order valence-corrected chi connectivity index (χ3v) is 4.10. The smallest absolute Gasteiger partial charge is 0.227 e. The van der Waals surface area contributed by atoms with Gasteiger partial charge in [-0.05, 0) is 36.6 Å². The van der Waals surface area contributed by atoms with Crippen LogP contribution in [-0.4, -0.2) is 31.5 Å². The van der Waals surface area contributed by atoms with Gasteiger partial charge in [0.25, 0.3) is 0 Å². The number of amides is 2. The molecule has 0 aromatic heterocycles. The normalized spacial score (nSPS) is 17.4. The molecule has 1 aliphatic heterocycles. The zero-order chi connectivity index (χ0) is 17.5. The Morgan fingerprint density at radius 3 is 2.67 bits per heavy atom. The molecule has 1 aliphatic rings. The van der Waals surface area contributed by atoms with Crippen molar-refractivity contribution in [2.24, 2.45) is 11.8 Å². The lowest BCUT2D eigenvalue weighted by Crippen LogP contribution is -2.34. The van der Waals surface area contributed by atoms with Crippen molar-refractivity contribution >= 4 is 17.5 Å². The van der Waals surface area contributed by atoms with Gasteiger partial charge in [0.15, 0.2) is 0 Å². The lowest BCUT2D eigenvalue weighted by molar-refractivity contribution is -0.126. The van der Waals surface area contributed by atoms with Crippen LogP contribution in [0, 0.1) is 11.8 Å². The minimum absolute atomic E-state index is 0.000603. The largest absolute Gasteiger partial charge is 0.494 e. The highest BCUT2D eigenvalue weighted by atomic mass is 16.5. The first-order valence-electron chi connectivity index (χ1n) is 8.82. The first-order chi connectivity index (χ1) is 11.5. The average Bonchev–Trinajstić information content (AvgIpc) is 2.95. The Kier molecular flexibility index (Phi) is 6.64. The molecule has 1 atom stereocenters. The molecular formula is C19H28N2O3. The Labute approximate surface area is 144 Å². The van der Waals surface area contributed by atoms with Crippen LogP contribution in [0.5, 0.6) is 5.75 Å². The van der Waals surface area contributed by atoms with Gasteiger partial charge in [0.05, 0.1) is 12.5 Å². The molecule has 1 fully saturated rings. The van der Waals surface area contributed by atoms with Crippen LogP contribution < -0.4 is 15.0 Å². The quantitative estimate of drug-likeness (QED) is 0.745. The van der Waals surface area contributed by atoms with E-state index in [0.29, 0.717) is 25.6 Å². The fourth-order valence-electron chi connectivity index (χ4n) is 2.64. The van der Waals surface area contributed by atoms with E-state index in [2.05, 4.69) is 26.1 Å². The summed E-state index contributed by atoms with van der Waals surface area (Å²) in [5.41, 5.74) is 0.821. The monoisotopic (exact) mass is 332 g/mol. The molecule has 5 heteroatoms. The van der Waals surface area contributed by atoms with Crippen LogP contribution in [0.4, 0.5) is 5.69 Å². The summed E-state index contributed by atoms with van der Waals surface area (Å²) in [6, 6.07) is 7.52. The van der Waals surface area contributed by atoms with Crippen molar-refractivity contribution in [2.75, 3.05) is 24.6 Å². The van der Waals surface area contributed by atoms with E-state index < -0.39 is 0 Å². The van der Waals surface area contributed by atoms with Crippen LogP contribution in [-0.2, 0) is 9.59 Å². The first kappa shape index (κ1) is 18.3. The van der Waals surface area contributed by atoms with E-state index in [1.807, 2.05) is 24.3 Å². The van der Waals surface area contributed by atoms with Crippen LogP contribution in [0.25, 0.3) is 0 Å². The van der Waals surface area contributed by atoms with Crippen LogP contribution in [0.1, 0.15) is 40.0 Å². The van der Waals surface area contributed by atoms with Gasteiger partial charge in [-0.25, -0.2) is 0 Å². The Balaban J connectivity index is 1.92. The minimum atomic E-state index is -0.267. The highest BCUT2D eigenvalue weighted by molar-refractivity contribution is 6.00. The van der Waals surface area contributed by atoms with Crippen molar-refractivity contribution in [3.05, 3.63) is 24.3 Å². The number of hydrogen-bond acceptors (Lipinski definition) is 3. The van der Waals surface area contributed by atoms with Crippen molar-refractivity contribution in [1.82, 2.24) is 5.32 Å². The fraction of sp³-hybridized carbons (Fsp3) is 0.579. The second-order valence-electron chi connectivity index (χ2n) is 6.74. The SMILES string of the molecule is CCCCOc1ccc(N2C[C@H](C(=O)NCC(C)C)CC2=O)cc1. The number of nitrogens with zero attached hydrogens (tertiary/aromatic N) is 1. The van der Waals surface area contributed by atoms with Gasteiger partial charge in [0, 0.05) is 25.2 Å². The van der Waals surface area contributed by atoms with Crippen molar-refractivity contribution in [1.29, 1.82) is 0 Å². The number of anilines is 1. The van der Waals surface area contributed by atoms with Crippen molar-refractivity contribution in [2.45, 2.75) is 40.0 Å². The first-order valence-corrected chi connectivity index (χ1v) is 8.82. The second kappa shape index (κ2) is 8.71. The number of carbonyl (C=O) groups is 2. The number of hydrogen-bond donors (Lipinski definition) is 1. The molecule has 1 aromatic rings.